The number of piperidine rings is 1. The van der Waals surface area contributed by atoms with E-state index in [-0.39, 0.29) is 21.4 Å². The van der Waals surface area contributed by atoms with Crippen LogP contribution in [0.2, 0.25) is 5.02 Å². The Labute approximate surface area is 199 Å². The number of amides is 1. The maximum absolute atomic E-state index is 13.1. The summed E-state index contributed by atoms with van der Waals surface area (Å²) in [5.41, 5.74) is 1.95. The first-order valence-electron chi connectivity index (χ1n) is 11.2. The van der Waals surface area contributed by atoms with E-state index >= 15 is 0 Å². The molecule has 2 aromatic carbocycles. The van der Waals surface area contributed by atoms with Crippen molar-refractivity contribution < 1.29 is 22.7 Å². The number of rotatable bonds is 5. The van der Waals surface area contributed by atoms with Gasteiger partial charge in [-0.3, -0.25) is 4.79 Å². The number of carbonyl (C=O) groups excluding carboxylic acids is 2. The summed E-state index contributed by atoms with van der Waals surface area (Å²) in [5.74, 6) is -1.08. The fourth-order valence-electron chi connectivity index (χ4n) is 4.33. The number of aryl methyl sites for hydroxylation is 1. The molecule has 1 saturated heterocycles. The van der Waals surface area contributed by atoms with E-state index in [4.69, 9.17) is 16.3 Å². The van der Waals surface area contributed by atoms with Crippen LogP contribution in [-0.2, 0) is 26.0 Å². The number of para-hydroxylation sites is 1. The SMILES string of the molecule is CC(OC(=O)c1ccc(Cl)c(S(=O)(=O)N2CCCCC2)c1)C(=O)N1CCCc2ccccc21. The fraction of sp³-hybridized carbons (Fsp3) is 0.417. The van der Waals surface area contributed by atoms with E-state index in [9.17, 15) is 18.0 Å². The number of fused-ring (bicyclic) bond motifs is 1. The first kappa shape index (κ1) is 23.7. The van der Waals surface area contributed by atoms with Crippen LogP contribution in [-0.4, -0.2) is 50.3 Å². The van der Waals surface area contributed by atoms with Crippen molar-refractivity contribution in [3.8, 4) is 0 Å². The summed E-state index contributed by atoms with van der Waals surface area (Å²) in [6.45, 7) is 2.93. The van der Waals surface area contributed by atoms with Crippen molar-refractivity contribution in [1.82, 2.24) is 4.31 Å². The predicted octanol–water partition coefficient (Wildman–Crippen LogP) is 4.04. The Bertz CT molecular complexity index is 1160. The van der Waals surface area contributed by atoms with Gasteiger partial charge in [-0.25, -0.2) is 13.2 Å². The maximum atomic E-state index is 13.1. The summed E-state index contributed by atoms with van der Waals surface area (Å²) in [4.78, 5) is 27.4. The maximum Gasteiger partial charge on any atom is 0.338 e. The number of nitrogens with zero attached hydrogens (tertiary/aromatic N) is 2. The number of halogens is 1. The minimum atomic E-state index is -3.83. The standard InChI is InChI=1S/C24H27ClN2O5S/c1-17(23(28)27-15-7-9-18-8-3-4-10-21(18)27)32-24(29)19-11-12-20(25)22(16-19)33(30,31)26-13-5-2-6-14-26/h3-4,8,10-12,16-17H,2,5-7,9,13-15H2,1H3. The van der Waals surface area contributed by atoms with E-state index in [0.29, 0.717) is 19.6 Å². The highest BCUT2D eigenvalue weighted by Crippen LogP contribution is 2.29. The number of sulfonamides is 1. The number of benzene rings is 2. The van der Waals surface area contributed by atoms with Crippen molar-refractivity contribution in [1.29, 1.82) is 0 Å². The van der Waals surface area contributed by atoms with Gasteiger partial charge >= 0.3 is 5.97 Å². The lowest BCUT2D eigenvalue weighted by atomic mass is 10.0. The second kappa shape index (κ2) is 9.83. The van der Waals surface area contributed by atoms with E-state index in [0.717, 1.165) is 43.4 Å². The third kappa shape index (κ3) is 4.93. The van der Waals surface area contributed by atoms with E-state index in [2.05, 4.69) is 0 Å². The molecule has 0 N–H and O–H groups in total. The molecule has 0 aliphatic carbocycles. The zero-order chi connectivity index (χ0) is 23.6. The van der Waals surface area contributed by atoms with Crippen LogP contribution in [0.15, 0.2) is 47.4 Å². The van der Waals surface area contributed by atoms with E-state index in [1.54, 1.807) is 4.90 Å². The normalized spacial score (nSPS) is 17.8. The Morgan fingerprint density at radius 1 is 1.00 bits per heavy atom. The van der Waals surface area contributed by atoms with E-state index in [1.165, 1.54) is 29.4 Å². The molecule has 4 rings (SSSR count). The highest BCUT2D eigenvalue weighted by molar-refractivity contribution is 7.89. The number of carbonyl (C=O) groups is 2. The van der Waals surface area contributed by atoms with Crippen LogP contribution >= 0.6 is 11.6 Å². The molecule has 1 atom stereocenters. The highest BCUT2D eigenvalue weighted by atomic mass is 35.5. The zero-order valence-corrected chi connectivity index (χ0v) is 20.1. The molecule has 2 heterocycles. The first-order valence-corrected chi connectivity index (χ1v) is 13.0. The minimum absolute atomic E-state index is 0.0358. The molecule has 2 aliphatic rings. The topological polar surface area (TPSA) is 84.0 Å². The number of esters is 1. The van der Waals surface area contributed by atoms with Crippen molar-refractivity contribution in [3.63, 3.8) is 0 Å². The van der Waals surface area contributed by atoms with Crippen LogP contribution in [0.4, 0.5) is 5.69 Å². The number of anilines is 1. The van der Waals surface area contributed by atoms with Gasteiger partial charge in [-0.05, 0) is 62.4 Å². The molecule has 1 amide bonds. The van der Waals surface area contributed by atoms with Crippen molar-refractivity contribution in [2.24, 2.45) is 0 Å². The Morgan fingerprint density at radius 3 is 2.48 bits per heavy atom. The largest absolute Gasteiger partial charge is 0.449 e. The fourth-order valence-corrected chi connectivity index (χ4v) is 6.35. The van der Waals surface area contributed by atoms with Crippen LogP contribution in [0.3, 0.4) is 0 Å². The smallest absolute Gasteiger partial charge is 0.338 e. The molecular weight excluding hydrogens is 464 g/mol. The average molecular weight is 491 g/mol. The monoisotopic (exact) mass is 490 g/mol. The molecule has 2 aromatic rings. The lowest BCUT2D eigenvalue weighted by molar-refractivity contribution is -0.126. The number of hydrogen-bond donors (Lipinski definition) is 0. The van der Waals surface area contributed by atoms with Crippen LogP contribution in [0, 0.1) is 0 Å². The van der Waals surface area contributed by atoms with Crippen LogP contribution in [0.5, 0.6) is 0 Å². The molecule has 0 bridgehead atoms. The van der Waals surface area contributed by atoms with E-state index < -0.39 is 22.1 Å². The van der Waals surface area contributed by atoms with Crippen molar-refractivity contribution in [2.45, 2.75) is 50.0 Å². The van der Waals surface area contributed by atoms with Gasteiger partial charge in [0, 0.05) is 25.3 Å². The molecule has 7 nitrogen and oxygen atoms in total. The second-order valence-corrected chi connectivity index (χ2v) is 10.7. The summed E-state index contributed by atoms with van der Waals surface area (Å²) < 4.78 is 33.0. The zero-order valence-electron chi connectivity index (χ0n) is 18.5. The molecule has 1 fully saturated rings. The molecular formula is C24H27ClN2O5S. The summed E-state index contributed by atoms with van der Waals surface area (Å²) in [5, 5.41) is 0.0474. The van der Waals surface area contributed by atoms with Crippen molar-refractivity contribution in [3.05, 3.63) is 58.6 Å². The van der Waals surface area contributed by atoms with Gasteiger partial charge in [0.15, 0.2) is 6.10 Å². The molecule has 33 heavy (non-hydrogen) atoms. The molecule has 0 saturated carbocycles. The average Bonchev–Trinajstić information content (AvgIpc) is 2.83. The third-order valence-corrected chi connectivity index (χ3v) is 8.49. The van der Waals surface area contributed by atoms with Gasteiger partial charge in [0.1, 0.15) is 4.90 Å². The van der Waals surface area contributed by atoms with Gasteiger partial charge in [-0.15, -0.1) is 0 Å². The number of ether oxygens (including phenoxy) is 1. The molecule has 2 aliphatic heterocycles. The van der Waals surface area contributed by atoms with Crippen LogP contribution in [0.1, 0.15) is 48.5 Å². The number of hydrogen-bond acceptors (Lipinski definition) is 5. The van der Waals surface area contributed by atoms with Crippen molar-refractivity contribution >= 4 is 39.2 Å². The quantitative estimate of drug-likeness (QED) is 0.590. The summed E-state index contributed by atoms with van der Waals surface area (Å²) >= 11 is 6.19. The van der Waals surface area contributed by atoms with Gasteiger partial charge < -0.3 is 9.64 Å². The summed E-state index contributed by atoms with van der Waals surface area (Å²) in [7, 11) is -3.83. The van der Waals surface area contributed by atoms with Gasteiger partial charge in [-0.1, -0.05) is 36.2 Å². The summed E-state index contributed by atoms with van der Waals surface area (Å²) in [6, 6.07) is 11.7. The van der Waals surface area contributed by atoms with E-state index in [1.807, 2.05) is 24.3 Å². The van der Waals surface area contributed by atoms with Crippen molar-refractivity contribution in [2.75, 3.05) is 24.5 Å². The molecule has 0 radical (unpaired) electrons. The molecule has 176 valence electrons. The third-order valence-electron chi connectivity index (χ3n) is 6.11. The Balaban J connectivity index is 1.51. The Hall–Kier alpha value is -2.42. The first-order chi connectivity index (χ1) is 15.8. The predicted molar refractivity (Wildman–Crippen MR) is 126 cm³/mol. The molecule has 0 aromatic heterocycles. The van der Waals surface area contributed by atoms with Gasteiger partial charge in [0.2, 0.25) is 10.0 Å². The lowest BCUT2D eigenvalue weighted by Gasteiger charge is -2.31. The Morgan fingerprint density at radius 2 is 1.73 bits per heavy atom. The minimum Gasteiger partial charge on any atom is -0.449 e. The second-order valence-electron chi connectivity index (χ2n) is 8.38. The molecule has 0 spiro atoms. The lowest BCUT2D eigenvalue weighted by Crippen LogP contribution is -2.42. The highest BCUT2D eigenvalue weighted by Gasteiger charge is 2.31. The van der Waals surface area contributed by atoms with Crippen LogP contribution < -0.4 is 4.90 Å². The van der Waals surface area contributed by atoms with Crippen LogP contribution in [0.25, 0.3) is 0 Å². The molecule has 1 unspecified atom stereocenters. The Kier molecular flexibility index (Phi) is 7.07. The summed E-state index contributed by atoms with van der Waals surface area (Å²) in [6.07, 6.45) is 3.27. The van der Waals surface area contributed by atoms with Gasteiger partial charge in [-0.2, -0.15) is 4.31 Å². The van der Waals surface area contributed by atoms with Gasteiger partial charge in [0.05, 0.1) is 10.6 Å². The molecule has 9 heteroatoms. The van der Waals surface area contributed by atoms with Gasteiger partial charge in [0.25, 0.3) is 5.91 Å².